The number of carbonyl (C=O) groups excluding carboxylic acids is 1. The van der Waals surface area contributed by atoms with Gasteiger partial charge in [0.15, 0.2) is 0 Å². The number of hydrogen-bond acceptors (Lipinski definition) is 3. The van der Waals surface area contributed by atoms with Gasteiger partial charge in [-0.05, 0) is 53.9 Å². The molecule has 1 aromatic heterocycles. The molecule has 1 amide bonds. The van der Waals surface area contributed by atoms with Crippen molar-refractivity contribution in [3.8, 4) is 0 Å². The van der Waals surface area contributed by atoms with Crippen molar-refractivity contribution in [3.05, 3.63) is 22.8 Å². The molecule has 2 rings (SSSR count). The van der Waals surface area contributed by atoms with Crippen LogP contribution in [0, 0.1) is 5.41 Å². The summed E-state index contributed by atoms with van der Waals surface area (Å²) in [7, 11) is 0. The Bertz CT molecular complexity index is 430. The van der Waals surface area contributed by atoms with Gasteiger partial charge in [0.1, 0.15) is 5.82 Å². The zero-order valence-corrected chi connectivity index (χ0v) is 12.1. The van der Waals surface area contributed by atoms with E-state index in [1.807, 2.05) is 12.1 Å². The van der Waals surface area contributed by atoms with Crippen LogP contribution in [-0.4, -0.2) is 24.0 Å². The Kier molecular flexibility index (Phi) is 4.35. The van der Waals surface area contributed by atoms with Crippen LogP contribution in [0.1, 0.15) is 26.2 Å². The summed E-state index contributed by atoms with van der Waals surface area (Å²) in [6.45, 7) is 3.82. The molecule has 1 aromatic rings. The Morgan fingerprint density at radius 3 is 3.11 bits per heavy atom. The molecule has 2 heterocycles. The lowest BCUT2D eigenvalue weighted by molar-refractivity contribution is -0.126. The minimum Gasteiger partial charge on any atom is -0.316 e. The Hall–Kier alpha value is -0.940. The SMILES string of the molecule is CCC1(C(=O)Nc2ncccc2Br)CCCNC1. The normalized spacial score (nSPS) is 23.7. The number of piperidine rings is 1. The second-order valence-corrected chi connectivity index (χ2v) is 5.56. The van der Waals surface area contributed by atoms with Gasteiger partial charge in [0.2, 0.25) is 5.91 Å². The number of anilines is 1. The van der Waals surface area contributed by atoms with Crippen molar-refractivity contribution >= 4 is 27.7 Å². The molecule has 4 nitrogen and oxygen atoms in total. The number of nitrogens with zero attached hydrogens (tertiary/aromatic N) is 1. The topological polar surface area (TPSA) is 54.0 Å². The standard InChI is InChI=1S/C13H18BrN3O/c1-2-13(6-4-7-15-9-13)12(18)17-11-10(14)5-3-8-16-11/h3,5,8,15H,2,4,6-7,9H2,1H3,(H,16,17,18). The molecule has 0 radical (unpaired) electrons. The number of hydrogen-bond donors (Lipinski definition) is 2. The first kappa shape index (κ1) is 13.5. The van der Waals surface area contributed by atoms with Crippen molar-refractivity contribution in [1.82, 2.24) is 10.3 Å². The lowest BCUT2D eigenvalue weighted by atomic mass is 9.77. The van der Waals surface area contributed by atoms with Gasteiger partial charge < -0.3 is 10.6 Å². The zero-order valence-electron chi connectivity index (χ0n) is 10.5. The summed E-state index contributed by atoms with van der Waals surface area (Å²) in [5.74, 6) is 0.664. The average molecular weight is 312 g/mol. The van der Waals surface area contributed by atoms with Crippen LogP contribution < -0.4 is 10.6 Å². The highest BCUT2D eigenvalue weighted by molar-refractivity contribution is 9.10. The molecule has 1 unspecified atom stereocenters. The Labute approximate surface area is 116 Å². The fraction of sp³-hybridized carbons (Fsp3) is 0.538. The van der Waals surface area contributed by atoms with E-state index in [9.17, 15) is 4.79 Å². The third-order valence-corrected chi connectivity index (χ3v) is 4.26. The highest BCUT2D eigenvalue weighted by Gasteiger charge is 2.38. The maximum Gasteiger partial charge on any atom is 0.233 e. The predicted octanol–water partition coefficient (Wildman–Crippen LogP) is 2.56. The number of nitrogens with one attached hydrogen (secondary N) is 2. The molecule has 1 aliphatic rings. The van der Waals surface area contributed by atoms with Gasteiger partial charge >= 0.3 is 0 Å². The van der Waals surface area contributed by atoms with E-state index in [4.69, 9.17) is 0 Å². The van der Waals surface area contributed by atoms with Gasteiger partial charge in [-0.25, -0.2) is 4.98 Å². The smallest absolute Gasteiger partial charge is 0.233 e. The highest BCUT2D eigenvalue weighted by atomic mass is 79.9. The molecule has 1 saturated heterocycles. The number of pyridine rings is 1. The minimum absolute atomic E-state index is 0.0663. The molecule has 0 aliphatic carbocycles. The monoisotopic (exact) mass is 311 g/mol. The van der Waals surface area contributed by atoms with Crippen LogP contribution >= 0.6 is 15.9 Å². The van der Waals surface area contributed by atoms with Gasteiger partial charge in [-0.1, -0.05) is 6.92 Å². The first-order valence-corrected chi connectivity index (χ1v) is 7.10. The molecule has 98 valence electrons. The number of amides is 1. The molecule has 0 saturated carbocycles. The second kappa shape index (κ2) is 5.80. The van der Waals surface area contributed by atoms with Crippen LogP contribution in [0.4, 0.5) is 5.82 Å². The summed E-state index contributed by atoms with van der Waals surface area (Å²) in [5, 5.41) is 6.25. The number of rotatable bonds is 3. The third-order valence-electron chi connectivity index (χ3n) is 3.62. The van der Waals surface area contributed by atoms with E-state index >= 15 is 0 Å². The fourth-order valence-corrected chi connectivity index (χ4v) is 2.70. The Morgan fingerprint density at radius 2 is 2.50 bits per heavy atom. The number of aromatic nitrogens is 1. The lowest BCUT2D eigenvalue weighted by Gasteiger charge is -2.35. The van der Waals surface area contributed by atoms with E-state index in [-0.39, 0.29) is 11.3 Å². The van der Waals surface area contributed by atoms with Crippen LogP contribution in [-0.2, 0) is 4.79 Å². The first-order chi connectivity index (χ1) is 8.68. The van der Waals surface area contributed by atoms with Crippen LogP contribution in [0.2, 0.25) is 0 Å². The van der Waals surface area contributed by atoms with Crippen LogP contribution in [0.25, 0.3) is 0 Å². The van der Waals surface area contributed by atoms with Gasteiger partial charge in [0.05, 0.1) is 9.89 Å². The molecule has 0 bridgehead atoms. The first-order valence-electron chi connectivity index (χ1n) is 6.31. The molecule has 1 aliphatic heterocycles. The predicted molar refractivity (Wildman–Crippen MR) is 75.4 cm³/mol. The van der Waals surface area contributed by atoms with Gasteiger partial charge in [-0.3, -0.25) is 4.79 Å². The van der Waals surface area contributed by atoms with E-state index in [1.54, 1.807) is 6.20 Å². The van der Waals surface area contributed by atoms with E-state index in [0.29, 0.717) is 5.82 Å². The Balaban J connectivity index is 2.13. The van der Waals surface area contributed by atoms with E-state index in [0.717, 1.165) is 36.8 Å². The highest BCUT2D eigenvalue weighted by Crippen LogP contribution is 2.32. The maximum atomic E-state index is 12.5. The van der Waals surface area contributed by atoms with Crippen molar-refractivity contribution in [2.45, 2.75) is 26.2 Å². The summed E-state index contributed by atoms with van der Waals surface area (Å²) in [5.41, 5.74) is -0.296. The molecular weight excluding hydrogens is 294 g/mol. The van der Waals surface area contributed by atoms with Gasteiger partial charge in [-0.2, -0.15) is 0 Å². The zero-order chi connectivity index (χ0) is 13.0. The number of carbonyl (C=O) groups is 1. The largest absolute Gasteiger partial charge is 0.316 e. The van der Waals surface area contributed by atoms with Crippen molar-refractivity contribution < 1.29 is 4.79 Å². The molecule has 0 spiro atoms. The van der Waals surface area contributed by atoms with Gasteiger partial charge in [0, 0.05) is 12.7 Å². The van der Waals surface area contributed by atoms with Crippen LogP contribution in [0.15, 0.2) is 22.8 Å². The van der Waals surface area contributed by atoms with Crippen LogP contribution in [0.5, 0.6) is 0 Å². The summed E-state index contributed by atoms with van der Waals surface area (Å²) < 4.78 is 0.813. The third kappa shape index (κ3) is 2.72. The molecule has 2 N–H and O–H groups in total. The molecule has 18 heavy (non-hydrogen) atoms. The average Bonchev–Trinajstić information content (AvgIpc) is 2.42. The lowest BCUT2D eigenvalue weighted by Crippen LogP contribution is -2.47. The quantitative estimate of drug-likeness (QED) is 0.902. The maximum absolute atomic E-state index is 12.5. The minimum atomic E-state index is -0.296. The van der Waals surface area contributed by atoms with Crippen molar-refractivity contribution in [2.24, 2.45) is 5.41 Å². The molecule has 0 aromatic carbocycles. The van der Waals surface area contributed by atoms with E-state index < -0.39 is 0 Å². The molecular formula is C13H18BrN3O. The molecule has 5 heteroatoms. The number of halogens is 1. The fourth-order valence-electron chi connectivity index (χ4n) is 2.34. The summed E-state index contributed by atoms with van der Waals surface area (Å²) in [6.07, 6.45) is 4.51. The van der Waals surface area contributed by atoms with Crippen molar-refractivity contribution in [3.63, 3.8) is 0 Å². The summed E-state index contributed by atoms with van der Waals surface area (Å²) >= 11 is 3.40. The van der Waals surface area contributed by atoms with Crippen molar-refractivity contribution in [1.29, 1.82) is 0 Å². The summed E-state index contributed by atoms with van der Waals surface area (Å²) in [6, 6.07) is 3.71. The second-order valence-electron chi connectivity index (χ2n) is 4.70. The summed E-state index contributed by atoms with van der Waals surface area (Å²) in [4.78, 5) is 16.6. The molecule has 1 fully saturated rings. The van der Waals surface area contributed by atoms with Crippen molar-refractivity contribution in [2.75, 3.05) is 18.4 Å². The van der Waals surface area contributed by atoms with Crippen LogP contribution in [0.3, 0.4) is 0 Å². The van der Waals surface area contributed by atoms with Gasteiger partial charge in [0.25, 0.3) is 0 Å². The van der Waals surface area contributed by atoms with Gasteiger partial charge in [-0.15, -0.1) is 0 Å². The molecule has 1 atom stereocenters. The van der Waals surface area contributed by atoms with E-state index in [1.165, 1.54) is 0 Å². The van der Waals surface area contributed by atoms with E-state index in [2.05, 4.69) is 38.5 Å². The Morgan fingerprint density at radius 1 is 1.67 bits per heavy atom.